The van der Waals surface area contributed by atoms with Crippen molar-refractivity contribution in [3.05, 3.63) is 47.7 Å². The minimum atomic E-state index is -0.400. The number of aromatic nitrogens is 2. The summed E-state index contributed by atoms with van der Waals surface area (Å²) in [6.45, 7) is 5.04. The van der Waals surface area contributed by atoms with Gasteiger partial charge in [0, 0.05) is 26.2 Å². The molecule has 1 aromatic heterocycles. The predicted molar refractivity (Wildman–Crippen MR) is 104 cm³/mol. The number of hydrogen-bond acceptors (Lipinski definition) is 5. The molecular formula is C21H26N4O2. The van der Waals surface area contributed by atoms with E-state index >= 15 is 0 Å². The number of likely N-dealkylation sites (tertiary alicyclic amines) is 1. The average Bonchev–Trinajstić information content (AvgIpc) is 3.19. The van der Waals surface area contributed by atoms with Crippen LogP contribution >= 0.6 is 0 Å². The Balaban J connectivity index is 1.56. The van der Waals surface area contributed by atoms with Gasteiger partial charge in [-0.25, -0.2) is 0 Å². The number of carbonyl (C=O) groups is 1. The summed E-state index contributed by atoms with van der Waals surface area (Å²) in [5, 5.41) is 8.44. The summed E-state index contributed by atoms with van der Waals surface area (Å²) in [5.74, 6) is 1.95. The fourth-order valence-electron chi connectivity index (χ4n) is 4.16. The molecule has 2 aromatic rings. The number of carbonyl (C=O) groups excluding carboxylic acids is 1. The van der Waals surface area contributed by atoms with Crippen LogP contribution in [0.1, 0.15) is 24.1 Å². The first-order valence-electron chi connectivity index (χ1n) is 9.57. The van der Waals surface area contributed by atoms with Crippen LogP contribution in [0.4, 0.5) is 5.82 Å². The van der Waals surface area contributed by atoms with Crippen LogP contribution in [-0.2, 0) is 11.2 Å². The Kier molecular flexibility index (Phi) is 4.72. The standard InChI is InChI=1S/C21H26N4O2/c1-16-8-9-19(23-22-16)25-14-21(15-25,20(26)24-10-3-4-11-24)13-17-6-5-7-18(12-17)27-2/h5-9,12H,3-4,10-11,13-15H2,1-2H3. The second-order valence-corrected chi connectivity index (χ2v) is 7.70. The zero-order valence-electron chi connectivity index (χ0n) is 16.0. The lowest BCUT2D eigenvalue weighted by Crippen LogP contribution is -2.65. The van der Waals surface area contributed by atoms with Crippen molar-refractivity contribution < 1.29 is 9.53 Å². The Morgan fingerprint density at radius 2 is 1.93 bits per heavy atom. The van der Waals surface area contributed by atoms with Crippen molar-refractivity contribution in [3.8, 4) is 5.75 Å². The molecule has 6 nitrogen and oxygen atoms in total. The zero-order valence-corrected chi connectivity index (χ0v) is 16.0. The lowest BCUT2D eigenvalue weighted by Gasteiger charge is -2.50. The van der Waals surface area contributed by atoms with Crippen molar-refractivity contribution in [1.29, 1.82) is 0 Å². The van der Waals surface area contributed by atoms with E-state index in [9.17, 15) is 4.79 Å². The number of amides is 1. The van der Waals surface area contributed by atoms with Crippen LogP contribution in [0, 0.1) is 12.3 Å². The summed E-state index contributed by atoms with van der Waals surface area (Å²) in [4.78, 5) is 17.6. The molecule has 1 aromatic carbocycles. The van der Waals surface area contributed by atoms with Gasteiger partial charge >= 0.3 is 0 Å². The van der Waals surface area contributed by atoms with Crippen molar-refractivity contribution in [2.45, 2.75) is 26.2 Å². The molecule has 4 rings (SSSR count). The summed E-state index contributed by atoms with van der Waals surface area (Å²) in [5.41, 5.74) is 1.63. The second kappa shape index (κ2) is 7.18. The van der Waals surface area contributed by atoms with Crippen LogP contribution in [0.2, 0.25) is 0 Å². The highest BCUT2D eigenvalue weighted by atomic mass is 16.5. The average molecular weight is 366 g/mol. The molecule has 27 heavy (non-hydrogen) atoms. The van der Waals surface area contributed by atoms with Gasteiger partial charge in [0.25, 0.3) is 0 Å². The SMILES string of the molecule is COc1cccc(CC2(C(=O)N3CCCC3)CN(c3ccc(C)nn3)C2)c1. The van der Waals surface area contributed by atoms with Crippen molar-refractivity contribution in [2.75, 3.05) is 38.2 Å². The van der Waals surface area contributed by atoms with Gasteiger partial charge in [-0.15, -0.1) is 5.10 Å². The molecule has 0 spiro atoms. The van der Waals surface area contributed by atoms with E-state index in [1.165, 1.54) is 0 Å². The second-order valence-electron chi connectivity index (χ2n) is 7.70. The normalized spacial score (nSPS) is 18.3. The molecule has 2 aliphatic heterocycles. The number of methoxy groups -OCH3 is 1. The number of anilines is 1. The molecular weight excluding hydrogens is 340 g/mol. The third kappa shape index (κ3) is 3.48. The first-order chi connectivity index (χ1) is 13.1. The van der Waals surface area contributed by atoms with Gasteiger partial charge in [0.15, 0.2) is 5.82 Å². The number of benzene rings is 1. The third-order valence-corrected chi connectivity index (χ3v) is 5.62. The Morgan fingerprint density at radius 3 is 2.59 bits per heavy atom. The van der Waals surface area contributed by atoms with Gasteiger partial charge in [0.2, 0.25) is 5.91 Å². The molecule has 6 heteroatoms. The van der Waals surface area contributed by atoms with Crippen LogP contribution < -0.4 is 9.64 Å². The molecule has 0 aliphatic carbocycles. The maximum absolute atomic E-state index is 13.4. The fraction of sp³-hybridized carbons (Fsp3) is 0.476. The molecule has 0 radical (unpaired) electrons. The van der Waals surface area contributed by atoms with Crippen molar-refractivity contribution in [2.24, 2.45) is 5.41 Å². The van der Waals surface area contributed by atoms with Crippen molar-refractivity contribution in [3.63, 3.8) is 0 Å². The summed E-state index contributed by atoms with van der Waals surface area (Å²) < 4.78 is 5.36. The molecule has 0 saturated carbocycles. The first-order valence-corrected chi connectivity index (χ1v) is 9.57. The summed E-state index contributed by atoms with van der Waals surface area (Å²) in [7, 11) is 1.67. The van der Waals surface area contributed by atoms with Gasteiger partial charge < -0.3 is 14.5 Å². The molecule has 2 aliphatic rings. The molecule has 2 saturated heterocycles. The van der Waals surface area contributed by atoms with E-state index in [1.54, 1.807) is 7.11 Å². The lowest BCUT2D eigenvalue weighted by molar-refractivity contribution is -0.142. The Labute approximate surface area is 160 Å². The topological polar surface area (TPSA) is 58.6 Å². The van der Waals surface area contributed by atoms with E-state index in [1.807, 2.05) is 42.2 Å². The highest BCUT2D eigenvalue weighted by Crippen LogP contribution is 2.39. The maximum Gasteiger partial charge on any atom is 0.232 e. The minimum absolute atomic E-state index is 0.277. The van der Waals surface area contributed by atoms with E-state index in [2.05, 4.69) is 21.2 Å². The molecule has 0 bridgehead atoms. The Morgan fingerprint density at radius 1 is 1.15 bits per heavy atom. The molecule has 1 amide bonds. The smallest absolute Gasteiger partial charge is 0.232 e. The lowest BCUT2D eigenvalue weighted by atomic mass is 9.73. The quantitative estimate of drug-likeness (QED) is 0.814. The molecule has 142 valence electrons. The summed E-state index contributed by atoms with van der Waals surface area (Å²) >= 11 is 0. The van der Waals surface area contributed by atoms with Gasteiger partial charge in [0.05, 0.1) is 18.2 Å². The monoisotopic (exact) mass is 366 g/mol. The fourth-order valence-corrected chi connectivity index (χ4v) is 4.16. The number of rotatable bonds is 5. The Hall–Kier alpha value is -2.63. The van der Waals surface area contributed by atoms with Gasteiger partial charge in [-0.3, -0.25) is 4.79 Å². The van der Waals surface area contributed by atoms with Crippen LogP contribution in [0.5, 0.6) is 5.75 Å². The van der Waals surface area contributed by atoms with E-state index in [0.29, 0.717) is 13.1 Å². The van der Waals surface area contributed by atoms with Gasteiger partial charge in [-0.05, 0) is 56.0 Å². The highest BCUT2D eigenvalue weighted by Gasteiger charge is 2.51. The van der Waals surface area contributed by atoms with Crippen LogP contribution in [0.25, 0.3) is 0 Å². The zero-order chi connectivity index (χ0) is 18.9. The number of aryl methyl sites for hydroxylation is 1. The maximum atomic E-state index is 13.4. The van der Waals surface area contributed by atoms with Gasteiger partial charge in [-0.1, -0.05) is 12.1 Å². The van der Waals surface area contributed by atoms with Crippen LogP contribution in [0.3, 0.4) is 0 Å². The Bertz CT molecular complexity index is 809. The first kappa shape index (κ1) is 17.8. The number of hydrogen-bond donors (Lipinski definition) is 0. The summed E-state index contributed by atoms with van der Waals surface area (Å²) in [6, 6.07) is 12.0. The third-order valence-electron chi connectivity index (χ3n) is 5.62. The highest BCUT2D eigenvalue weighted by molar-refractivity contribution is 5.86. The van der Waals surface area contributed by atoms with Gasteiger partial charge in [-0.2, -0.15) is 5.10 Å². The molecule has 3 heterocycles. The molecule has 0 unspecified atom stereocenters. The van der Waals surface area contributed by atoms with Crippen molar-refractivity contribution >= 4 is 11.7 Å². The predicted octanol–water partition coefficient (Wildman–Crippen LogP) is 2.47. The largest absolute Gasteiger partial charge is 0.497 e. The number of ether oxygens (including phenoxy) is 1. The van der Waals surface area contributed by atoms with E-state index in [4.69, 9.17) is 4.74 Å². The summed E-state index contributed by atoms with van der Waals surface area (Å²) in [6.07, 6.45) is 2.93. The number of nitrogens with zero attached hydrogens (tertiary/aromatic N) is 4. The molecule has 2 fully saturated rings. The minimum Gasteiger partial charge on any atom is -0.497 e. The van der Waals surface area contributed by atoms with E-state index in [-0.39, 0.29) is 5.91 Å². The van der Waals surface area contributed by atoms with E-state index in [0.717, 1.165) is 55.2 Å². The van der Waals surface area contributed by atoms with Crippen LogP contribution in [0.15, 0.2) is 36.4 Å². The molecule has 0 N–H and O–H groups in total. The molecule has 0 atom stereocenters. The van der Waals surface area contributed by atoms with E-state index < -0.39 is 5.41 Å². The van der Waals surface area contributed by atoms with Crippen molar-refractivity contribution in [1.82, 2.24) is 15.1 Å². The van der Waals surface area contributed by atoms with Crippen LogP contribution in [-0.4, -0.2) is 54.3 Å². The van der Waals surface area contributed by atoms with Gasteiger partial charge in [0.1, 0.15) is 5.75 Å².